The second kappa shape index (κ2) is 5.48. The number of rotatable bonds is 2. The van der Waals surface area contributed by atoms with Crippen LogP contribution in [0.5, 0.6) is 11.5 Å². The number of amides is 3. The molecule has 2 N–H and O–H groups in total. The number of hydrogen-bond donors (Lipinski definition) is 2. The van der Waals surface area contributed by atoms with E-state index in [0.717, 1.165) is 11.3 Å². The fraction of sp³-hybridized carbons (Fsp3) is 0.167. The highest BCUT2D eigenvalue weighted by Gasteiger charge is 2.47. The molecule has 2 aromatic rings. The molecule has 0 bridgehead atoms. The van der Waals surface area contributed by atoms with Gasteiger partial charge in [-0.05, 0) is 29.8 Å². The van der Waals surface area contributed by atoms with Gasteiger partial charge in [0.05, 0.1) is 11.7 Å². The zero-order valence-corrected chi connectivity index (χ0v) is 13.5. The van der Waals surface area contributed by atoms with Crippen LogP contribution in [0.4, 0.5) is 10.5 Å². The summed E-state index contributed by atoms with van der Waals surface area (Å²) in [5, 5.41) is 11.2. The largest absolute Gasteiger partial charge is 0.454 e. The van der Waals surface area contributed by atoms with Gasteiger partial charge in [0.25, 0.3) is 0 Å². The molecule has 0 aliphatic carbocycles. The Morgan fingerprint density at radius 2 is 1.81 bits per heavy atom. The summed E-state index contributed by atoms with van der Waals surface area (Å²) in [4.78, 5) is 24.2. The van der Waals surface area contributed by atoms with Crippen molar-refractivity contribution in [2.45, 2.75) is 6.04 Å². The van der Waals surface area contributed by atoms with E-state index in [1.807, 2.05) is 48.5 Å². The number of fused-ring (bicyclic) bond motifs is 2. The maximum atomic E-state index is 12.5. The first-order valence-corrected chi connectivity index (χ1v) is 8.15. The maximum absolute atomic E-state index is 12.5. The van der Waals surface area contributed by atoms with E-state index < -0.39 is 18.0 Å². The van der Waals surface area contributed by atoms with Gasteiger partial charge in [0.15, 0.2) is 11.5 Å². The number of imide groups is 1. The van der Waals surface area contributed by atoms with Crippen LogP contribution >= 0.6 is 0 Å². The molecule has 1 fully saturated rings. The highest BCUT2D eigenvalue weighted by molar-refractivity contribution is 6.19. The molecule has 8 heteroatoms. The lowest BCUT2D eigenvalue weighted by Crippen LogP contribution is -2.55. The van der Waals surface area contributed by atoms with Gasteiger partial charge in [-0.15, -0.1) is 0 Å². The summed E-state index contributed by atoms with van der Waals surface area (Å²) in [5.74, 6) is 0.622. The fourth-order valence-corrected chi connectivity index (χ4v) is 3.47. The Hall–Kier alpha value is -3.55. The molecule has 0 spiro atoms. The molecule has 2 unspecified atom stereocenters. The number of nitrogens with zero attached hydrogens (tertiary/aromatic N) is 2. The molecule has 2 atom stereocenters. The van der Waals surface area contributed by atoms with Gasteiger partial charge in [0.2, 0.25) is 12.7 Å². The van der Waals surface area contributed by atoms with Crippen LogP contribution in [0.15, 0.2) is 53.6 Å². The first-order valence-electron chi connectivity index (χ1n) is 8.15. The summed E-state index contributed by atoms with van der Waals surface area (Å²) in [6.07, 6.45) is 0. The normalized spacial score (nSPS) is 23.2. The predicted molar refractivity (Wildman–Crippen MR) is 91.8 cm³/mol. The zero-order chi connectivity index (χ0) is 17.7. The van der Waals surface area contributed by atoms with Crippen LogP contribution in [0.3, 0.4) is 0 Å². The molecule has 26 heavy (non-hydrogen) atoms. The Morgan fingerprint density at radius 1 is 1.00 bits per heavy atom. The van der Waals surface area contributed by atoms with Gasteiger partial charge in [-0.1, -0.05) is 24.3 Å². The number of anilines is 1. The monoisotopic (exact) mass is 350 g/mol. The van der Waals surface area contributed by atoms with Crippen LogP contribution in [0.2, 0.25) is 0 Å². The van der Waals surface area contributed by atoms with E-state index in [1.165, 1.54) is 0 Å². The molecule has 0 saturated carbocycles. The van der Waals surface area contributed by atoms with Crippen molar-refractivity contribution >= 4 is 23.5 Å². The molecule has 3 amide bonds. The summed E-state index contributed by atoms with van der Waals surface area (Å²) >= 11 is 0. The topological polar surface area (TPSA) is 92.3 Å². The van der Waals surface area contributed by atoms with E-state index in [9.17, 15) is 9.59 Å². The average Bonchev–Trinajstić information content (AvgIpc) is 3.26. The van der Waals surface area contributed by atoms with E-state index in [4.69, 9.17) is 9.47 Å². The van der Waals surface area contributed by atoms with Crippen LogP contribution in [-0.2, 0) is 4.79 Å². The number of ether oxygens (including phenoxy) is 2. The number of carbonyl (C=O) groups is 2. The number of benzene rings is 2. The third-order valence-corrected chi connectivity index (χ3v) is 4.61. The lowest BCUT2D eigenvalue weighted by molar-refractivity contribution is -0.122. The van der Waals surface area contributed by atoms with E-state index in [-0.39, 0.29) is 12.7 Å². The number of urea groups is 1. The van der Waals surface area contributed by atoms with Crippen molar-refractivity contribution in [2.24, 2.45) is 11.0 Å². The molecular weight excluding hydrogens is 336 g/mol. The van der Waals surface area contributed by atoms with Crippen LogP contribution in [0.25, 0.3) is 0 Å². The molecule has 5 rings (SSSR count). The highest BCUT2D eigenvalue weighted by Crippen LogP contribution is 2.42. The van der Waals surface area contributed by atoms with Crippen LogP contribution in [0.1, 0.15) is 11.6 Å². The number of amidine groups is 1. The third kappa shape index (κ3) is 2.19. The van der Waals surface area contributed by atoms with Crippen molar-refractivity contribution in [3.8, 4) is 11.5 Å². The van der Waals surface area contributed by atoms with Crippen LogP contribution in [-0.4, -0.2) is 24.6 Å². The minimum atomic E-state index is -0.631. The average molecular weight is 350 g/mol. The minimum absolute atomic E-state index is 0.174. The van der Waals surface area contributed by atoms with Gasteiger partial charge in [0.1, 0.15) is 11.8 Å². The second-order valence-corrected chi connectivity index (χ2v) is 6.14. The number of carbonyl (C=O) groups excluding carboxylic acids is 2. The predicted octanol–water partition coefficient (Wildman–Crippen LogP) is 1.75. The quantitative estimate of drug-likeness (QED) is 0.861. The molecule has 8 nitrogen and oxygen atoms in total. The Kier molecular flexibility index (Phi) is 3.11. The van der Waals surface area contributed by atoms with E-state index in [1.54, 1.807) is 5.01 Å². The summed E-state index contributed by atoms with van der Waals surface area (Å²) in [5.41, 5.74) is 1.66. The van der Waals surface area contributed by atoms with Gasteiger partial charge in [0, 0.05) is 0 Å². The number of hydrazone groups is 1. The lowest BCUT2D eigenvalue weighted by atomic mass is 9.90. The summed E-state index contributed by atoms with van der Waals surface area (Å²) in [7, 11) is 0. The van der Waals surface area contributed by atoms with Crippen molar-refractivity contribution in [2.75, 3.05) is 11.8 Å². The van der Waals surface area contributed by atoms with Gasteiger partial charge >= 0.3 is 6.03 Å². The molecule has 3 aliphatic rings. The molecule has 3 heterocycles. The minimum Gasteiger partial charge on any atom is -0.454 e. The summed E-state index contributed by atoms with van der Waals surface area (Å²) in [6.45, 7) is 0.174. The molecule has 130 valence electrons. The second-order valence-electron chi connectivity index (χ2n) is 6.14. The van der Waals surface area contributed by atoms with Crippen molar-refractivity contribution in [1.29, 1.82) is 0 Å². The van der Waals surface area contributed by atoms with Gasteiger partial charge in [-0.3, -0.25) is 20.4 Å². The molecule has 3 aliphatic heterocycles. The fourth-order valence-electron chi connectivity index (χ4n) is 3.47. The number of hydrogen-bond acceptors (Lipinski definition) is 6. The Balaban J connectivity index is 1.62. The van der Waals surface area contributed by atoms with E-state index >= 15 is 0 Å². The molecule has 1 saturated heterocycles. The van der Waals surface area contributed by atoms with E-state index in [0.29, 0.717) is 17.3 Å². The number of nitrogens with one attached hydrogen (secondary N) is 2. The Labute approximate surface area is 148 Å². The van der Waals surface area contributed by atoms with Gasteiger partial charge < -0.3 is 9.47 Å². The number of para-hydroxylation sites is 1. The van der Waals surface area contributed by atoms with E-state index in [2.05, 4.69) is 15.7 Å². The van der Waals surface area contributed by atoms with Crippen molar-refractivity contribution < 1.29 is 19.1 Å². The summed E-state index contributed by atoms with van der Waals surface area (Å²) < 4.78 is 10.8. The van der Waals surface area contributed by atoms with Gasteiger partial charge in [-0.2, -0.15) is 5.10 Å². The van der Waals surface area contributed by atoms with Crippen molar-refractivity contribution in [1.82, 2.24) is 10.6 Å². The standard InChI is InChI=1S/C18H14N4O4/c23-17-14-15(10-6-7-12-13(8-10)26-9-25-12)22(11-4-2-1-3-5-11)21-16(14)19-18(24)20-17/h1-8,14-15H,9H2,(H2,19,20,21,23,24). The highest BCUT2D eigenvalue weighted by atomic mass is 16.7. The van der Waals surface area contributed by atoms with Crippen molar-refractivity contribution in [3.63, 3.8) is 0 Å². The SMILES string of the molecule is O=C1NC(=O)C2C(=NN(c3ccccc3)C2c2ccc3c(c2)OCO3)N1. The van der Waals surface area contributed by atoms with Crippen LogP contribution < -0.4 is 25.1 Å². The molecule has 0 radical (unpaired) electrons. The lowest BCUT2D eigenvalue weighted by Gasteiger charge is -2.29. The molecule has 2 aromatic carbocycles. The molecule has 0 aromatic heterocycles. The summed E-state index contributed by atoms with van der Waals surface area (Å²) in [6, 6.07) is 14.1. The maximum Gasteiger partial charge on any atom is 0.326 e. The zero-order valence-electron chi connectivity index (χ0n) is 13.5. The third-order valence-electron chi connectivity index (χ3n) is 4.61. The van der Waals surface area contributed by atoms with Gasteiger partial charge in [-0.25, -0.2) is 4.79 Å². The Morgan fingerprint density at radius 3 is 2.65 bits per heavy atom. The Bertz CT molecular complexity index is 943. The molecular formula is C18H14N4O4. The van der Waals surface area contributed by atoms with Crippen LogP contribution in [0, 0.1) is 5.92 Å². The first kappa shape index (κ1) is 14.8. The smallest absolute Gasteiger partial charge is 0.326 e. The van der Waals surface area contributed by atoms with Crippen molar-refractivity contribution in [3.05, 3.63) is 54.1 Å². The first-order chi connectivity index (χ1) is 12.7.